The molecule has 0 bridgehead atoms. The monoisotopic (exact) mass is 272 g/mol. The standard InChI is InChI=1S/C14H18N3OSi/c1-11-13(16-10-17(11)2)9-15-12-7-5-6-8-14(12)18-19(3)4/h5-10H,1-4H3. The van der Waals surface area contributed by atoms with Gasteiger partial charge in [0.05, 0.1) is 12.5 Å². The summed E-state index contributed by atoms with van der Waals surface area (Å²) in [5.41, 5.74) is 2.83. The molecule has 1 heterocycles. The molecule has 0 saturated heterocycles. The Morgan fingerprint density at radius 1 is 1.32 bits per heavy atom. The quantitative estimate of drug-likeness (QED) is 0.633. The van der Waals surface area contributed by atoms with Crippen LogP contribution in [0, 0.1) is 6.92 Å². The smallest absolute Gasteiger partial charge is 0.274 e. The maximum atomic E-state index is 5.83. The number of aromatic nitrogens is 2. The first-order valence-corrected chi connectivity index (χ1v) is 8.58. The van der Waals surface area contributed by atoms with Crippen LogP contribution in [0.25, 0.3) is 0 Å². The number of aryl methyl sites for hydroxylation is 1. The maximum absolute atomic E-state index is 5.83. The first-order chi connectivity index (χ1) is 9.08. The number of benzene rings is 1. The third kappa shape index (κ3) is 3.32. The highest BCUT2D eigenvalue weighted by atomic mass is 28.3. The molecule has 0 spiro atoms. The largest absolute Gasteiger partial charge is 0.541 e. The van der Waals surface area contributed by atoms with Crippen molar-refractivity contribution in [3.8, 4) is 5.75 Å². The Kier molecular flexibility index (Phi) is 4.16. The van der Waals surface area contributed by atoms with Crippen molar-refractivity contribution >= 4 is 20.9 Å². The summed E-state index contributed by atoms with van der Waals surface area (Å²) in [7, 11) is 1.18. The van der Waals surface area contributed by atoms with Crippen molar-refractivity contribution in [3.05, 3.63) is 42.0 Å². The van der Waals surface area contributed by atoms with Crippen LogP contribution in [-0.2, 0) is 7.05 Å². The average molecular weight is 272 g/mol. The first kappa shape index (κ1) is 13.5. The third-order valence-electron chi connectivity index (χ3n) is 2.78. The first-order valence-electron chi connectivity index (χ1n) is 6.17. The van der Waals surface area contributed by atoms with Crippen molar-refractivity contribution < 1.29 is 4.43 Å². The van der Waals surface area contributed by atoms with Crippen molar-refractivity contribution in [2.45, 2.75) is 20.0 Å². The molecule has 0 unspecified atom stereocenters. The van der Waals surface area contributed by atoms with E-state index in [1.165, 1.54) is 0 Å². The SMILES string of the molecule is Cc1c(C=Nc2ccccc2O[Si](C)C)ncn1C. The zero-order valence-corrected chi connectivity index (χ0v) is 12.7. The van der Waals surface area contributed by atoms with Gasteiger partial charge < -0.3 is 8.99 Å². The summed E-state index contributed by atoms with van der Waals surface area (Å²) >= 11 is 0. The van der Waals surface area contributed by atoms with E-state index in [4.69, 9.17) is 4.43 Å². The molecule has 5 heteroatoms. The normalized spacial score (nSPS) is 11.4. The van der Waals surface area contributed by atoms with Gasteiger partial charge in [-0.3, -0.25) is 4.99 Å². The summed E-state index contributed by atoms with van der Waals surface area (Å²) in [4.78, 5) is 8.79. The molecule has 0 aliphatic carbocycles. The fourth-order valence-electron chi connectivity index (χ4n) is 1.64. The van der Waals surface area contributed by atoms with Crippen LogP contribution < -0.4 is 4.43 Å². The van der Waals surface area contributed by atoms with Gasteiger partial charge in [0.2, 0.25) is 0 Å². The van der Waals surface area contributed by atoms with E-state index in [0.717, 1.165) is 22.8 Å². The lowest BCUT2D eigenvalue weighted by atomic mass is 10.3. The molecule has 0 amide bonds. The van der Waals surface area contributed by atoms with E-state index < -0.39 is 9.04 Å². The van der Waals surface area contributed by atoms with Gasteiger partial charge in [-0.2, -0.15) is 0 Å². The van der Waals surface area contributed by atoms with Gasteiger partial charge in [0.15, 0.2) is 0 Å². The zero-order valence-electron chi connectivity index (χ0n) is 11.7. The second kappa shape index (κ2) is 5.84. The average Bonchev–Trinajstić information content (AvgIpc) is 2.68. The minimum Gasteiger partial charge on any atom is -0.541 e. The van der Waals surface area contributed by atoms with Gasteiger partial charge in [-0.1, -0.05) is 12.1 Å². The Morgan fingerprint density at radius 3 is 2.68 bits per heavy atom. The van der Waals surface area contributed by atoms with Crippen molar-refractivity contribution in [1.82, 2.24) is 9.55 Å². The number of nitrogens with zero attached hydrogens (tertiary/aromatic N) is 3. The van der Waals surface area contributed by atoms with Crippen LogP contribution in [0.1, 0.15) is 11.4 Å². The fraction of sp³-hybridized carbons (Fsp3) is 0.286. The molecule has 1 aromatic heterocycles. The number of aliphatic imine (C=N–C) groups is 1. The lowest BCUT2D eigenvalue weighted by Gasteiger charge is -2.10. The number of hydrogen-bond donors (Lipinski definition) is 0. The summed E-state index contributed by atoms with van der Waals surface area (Å²) in [6.45, 7) is 6.23. The molecule has 99 valence electrons. The van der Waals surface area contributed by atoms with Gasteiger partial charge in [-0.25, -0.2) is 4.98 Å². The second-order valence-corrected chi connectivity index (χ2v) is 6.58. The lowest BCUT2D eigenvalue weighted by Crippen LogP contribution is -2.11. The molecule has 0 fully saturated rings. The lowest BCUT2D eigenvalue weighted by molar-refractivity contribution is 0.582. The highest BCUT2D eigenvalue weighted by molar-refractivity contribution is 6.49. The van der Waals surface area contributed by atoms with E-state index in [0.29, 0.717) is 0 Å². The third-order valence-corrected chi connectivity index (χ3v) is 3.40. The molecule has 0 N–H and O–H groups in total. The summed E-state index contributed by atoms with van der Waals surface area (Å²) in [6, 6.07) is 7.83. The highest BCUT2D eigenvalue weighted by Gasteiger charge is 2.05. The second-order valence-electron chi connectivity index (χ2n) is 4.56. The van der Waals surface area contributed by atoms with Gasteiger partial charge in [-0.05, 0) is 32.2 Å². The molecule has 4 nitrogen and oxygen atoms in total. The Balaban J connectivity index is 2.25. The van der Waals surface area contributed by atoms with Crippen molar-refractivity contribution in [2.75, 3.05) is 0 Å². The van der Waals surface area contributed by atoms with Gasteiger partial charge in [0.1, 0.15) is 17.1 Å². The Hall–Kier alpha value is -1.88. The molecular formula is C14H18N3OSi. The molecule has 1 radical (unpaired) electrons. The van der Waals surface area contributed by atoms with Gasteiger partial charge in [0, 0.05) is 12.7 Å². The summed E-state index contributed by atoms with van der Waals surface area (Å²) < 4.78 is 7.81. The van der Waals surface area contributed by atoms with Crippen LogP contribution in [0.15, 0.2) is 35.6 Å². The van der Waals surface area contributed by atoms with E-state index >= 15 is 0 Å². The van der Waals surface area contributed by atoms with E-state index in [9.17, 15) is 0 Å². The van der Waals surface area contributed by atoms with Crippen LogP contribution in [-0.4, -0.2) is 24.8 Å². The van der Waals surface area contributed by atoms with E-state index in [1.54, 1.807) is 12.5 Å². The Labute approximate surface area is 115 Å². The van der Waals surface area contributed by atoms with Gasteiger partial charge in [0.25, 0.3) is 9.04 Å². The van der Waals surface area contributed by atoms with E-state index in [1.807, 2.05) is 42.8 Å². The molecule has 0 aliphatic rings. The molecule has 2 aromatic rings. The molecule has 1 aromatic carbocycles. The van der Waals surface area contributed by atoms with E-state index in [-0.39, 0.29) is 0 Å². The van der Waals surface area contributed by atoms with Crippen molar-refractivity contribution in [3.63, 3.8) is 0 Å². The summed E-state index contributed by atoms with van der Waals surface area (Å²) in [5.74, 6) is 0.839. The van der Waals surface area contributed by atoms with Crippen LogP contribution >= 0.6 is 0 Å². The molecule has 0 saturated carbocycles. The number of para-hydroxylation sites is 2. The number of imidazole rings is 1. The van der Waals surface area contributed by atoms with Crippen LogP contribution in [0.2, 0.25) is 13.1 Å². The minimum atomic E-state index is -0.789. The van der Waals surface area contributed by atoms with Crippen LogP contribution in [0.3, 0.4) is 0 Å². The highest BCUT2D eigenvalue weighted by Crippen LogP contribution is 2.27. The Morgan fingerprint density at radius 2 is 2.05 bits per heavy atom. The molecule has 0 atom stereocenters. The predicted molar refractivity (Wildman–Crippen MR) is 79.8 cm³/mol. The summed E-state index contributed by atoms with van der Waals surface area (Å²) in [6.07, 6.45) is 3.58. The Bertz CT molecular complexity index is 590. The topological polar surface area (TPSA) is 39.4 Å². The predicted octanol–water partition coefficient (Wildman–Crippen LogP) is 3.11. The van der Waals surface area contributed by atoms with Gasteiger partial charge >= 0.3 is 0 Å². The van der Waals surface area contributed by atoms with Gasteiger partial charge in [-0.15, -0.1) is 0 Å². The minimum absolute atomic E-state index is 0.789. The van der Waals surface area contributed by atoms with Crippen molar-refractivity contribution in [1.29, 1.82) is 0 Å². The summed E-state index contributed by atoms with van der Waals surface area (Å²) in [5, 5.41) is 0. The molecule has 2 rings (SSSR count). The fourth-order valence-corrected chi connectivity index (χ4v) is 2.25. The van der Waals surface area contributed by atoms with E-state index in [2.05, 4.69) is 23.1 Å². The number of rotatable bonds is 4. The maximum Gasteiger partial charge on any atom is 0.274 e. The molecule has 19 heavy (non-hydrogen) atoms. The van der Waals surface area contributed by atoms with Crippen LogP contribution in [0.5, 0.6) is 5.75 Å². The number of hydrogen-bond acceptors (Lipinski definition) is 3. The molecular weight excluding hydrogens is 254 g/mol. The zero-order chi connectivity index (χ0) is 13.8. The van der Waals surface area contributed by atoms with Crippen LogP contribution in [0.4, 0.5) is 5.69 Å². The van der Waals surface area contributed by atoms with Crippen molar-refractivity contribution in [2.24, 2.45) is 12.0 Å². The molecule has 0 aliphatic heterocycles.